The number of likely N-dealkylation sites (N-methyl/N-ethyl adjacent to an activating group) is 1. The zero-order valence-electron chi connectivity index (χ0n) is 10.9. The lowest BCUT2D eigenvalue weighted by molar-refractivity contribution is -0.130. The molecule has 0 aromatic heterocycles. The minimum Gasteiger partial charge on any atom is -0.491 e. The Balaban J connectivity index is 2.74. The van der Waals surface area contributed by atoms with Crippen LogP contribution in [0.2, 0.25) is 0 Å². The second-order valence-corrected chi connectivity index (χ2v) is 4.24. The van der Waals surface area contributed by atoms with Crippen LogP contribution in [0.4, 0.5) is 4.39 Å². The monoisotopic (exact) mass is 254 g/mol. The van der Waals surface area contributed by atoms with Gasteiger partial charge in [0.2, 0.25) is 5.91 Å². The summed E-state index contributed by atoms with van der Waals surface area (Å²) in [7, 11) is 3.28. The molecule has 1 atom stereocenters. The third kappa shape index (κ3) is 3.70. The van der Waals surface area contributed by atoms with E-state index < -0.39 is 11.9 Å². The van der Waals surface area contributed by atoms with Gasteiger partial charge < -0.3 is 15.4 Å². The molecule has 0 saturated heterocycles. The lowest BCUT2D eigenvalue weighted by atomic mass is 10.1. The Morgan fingerprint density at radius 3 is 2.67 bits per heavy atom. The molecular weight excluding hydrogens is 235 g/mol. The molecule has 5 heteroatoms. The number of rotatable bonds is 5. The lowest BCUT2D eigenvalue weighted by Gasteiger charge is -2.17. The highest BCUT2D eigenvalue weighted by Crippen LogP contribution is 2.19. The van der Waals surface area contributed by atoms with E-state index in [4.69, 9.17) is 10.5 Å². The molecule has 0 heterocycles. The molecule has 0 saturated carbocycles. The van der Waals surface area contributed by atoms with E-state index in [-0.39, 0.29) is 11.7 Å². The first-order valence-electron chi connectivity index (χ1n) is 5.83. The molecule has 0 radical (unpaired) electrons. The van der Waals surface area contributed by atoms with Crippen molar-refractivity contribution in [2.24, 2.45) is 5.73 Å². The van der Waals surface area contributed by atoms with Crippen LogP contribution in [-0.2, 0) is 11.2 Å². The van der Waals surface area contributed by atoms with Crippen LogP contribution in [0.15, 0.2) is 18.2 Å². The van der Waals surface area contributed by atoms with Crippen LogP contribution in [0.1, 0.15) is 12.5 Å². The second-order valence-electron chi connectivity index (χ2n) is 4.24. The molecule has 0 aliphatic carbocycles. The minimum atomic E-state index is -0.655. The van der Waals surface area contributed by atoms with Gasteiger partial charge in [-0.2, -0.15) is 0 Å². The summed E-state index contributed by atoms with van der Waals surface area (Å²) in [5.41, 5.74) is 6.43. The number of hydrogen-bond donors (Lipinski definition) is 1. The number of nitrogens with two attached hydrogens (primary N) is 1. The normalized spacial score (nSPS) is 12.1. The predicted molar refractivity (Wildman–Crippen MR) is 67.9 cm³/mol. The number of ether oxygens (including phenoxy) is 1. The van der Waals surface area contributed by atoms with E-state index in [2.05, 4.69) is 0 Å². The van der Waals surface area contributed by atoms with Crippen LogP contribution in [0.25, 0.3) is 0 Å². The summed E-state index contributed by atoms with van der Waals surface area (Å²) in [6.07, 6.45) is 0.306. The molecule has 2 N–H and O–H groups in total. The fourth-order valence-electron chi connectivity index (χ4n) is 1.62. The van der Waals surface area contributed by atoms with Crippen LogP contribution in [0, 0.1) is 5.82 Å². The maximum atomic E-state index is 13.6. The third-order valence-electron chi connectivity index (χ3n) is 2.51. The Kier molecular flexibility index (Phi) is 5.09. The molecule has 0 aliphatic rings. The Morgan fingerprint density at radius 2 is 2.17 bits per heavy atom. The van der Waals surface area contributed by atoms with Crippen molar-refractivity contribution in [1.29, 1.82) is 0 Å². The van der Waals surface area contributed by atoms with Crippen LogP contribution in [0.5, 0.6) is 5.75 Å². The van der Waals surface area contributed by atoms with E-state index in [0.29, 0.717) is 18.6 Å². The van der Waals surface area contributed by atoms with Crippen LogP contribution < -0.4 is 10.5 Å². The first-order valence-corrected chi connectivity index (χ1v) is 5.83. The molecule has 100 valence electrons. The van der Waals surface area contributed by atoms with Crippen molar-refractivity contribution in [2.45, 2.75) is 19.4 Å². The molecule has 0 spiro atoms. The van der Waals surface area contributed by atoms with Gasteiger partial charge in [-0.1, -0.05) is 6.07 Å². The van der Waals surface area contributed by atoms with Gasteiger partial charge in [0.05, 0.1) is 12.6 Å². The van der Waals surface area contributed by atoms with Crippen LogP contribution in [-0.4, -0.2) is 37.6 Å². The molecule has 1 amide bonds. The summed E-state index contributed by atoms with van der Waals surface area (Å²) in [5, 5.41) is 0. The zero-order chi connectivity index (χ0) is 13.7. The van der Waals surface area contributed by atoms with Crippen LogP contribution >= 0.6 is 0 Å². The van der Waals surface area contributed by atoms with E-state index in [9.17, 15) is 9.18 Å². The average Bonchev–Trinajstić information content (AvgIpc) is 2.31. The van der Waals surface area contributed by atoms with Crippen molar-refractivity contribution in [3.63, 3.8) is 0 Å². The Bertz CT molecular complexity index is 421. The summed E-state index contributed by atoms with van der Waals surface area (Å²) in [4.78, 5) is 13.0. The highest BCUT2D eigenvalue weighted by molar-refractivity contribution is 5.81. The summed E-state index contributed by atoms with van der Waals surface area (Å²) >= 11 is 0. The highest BCUT2D eigenvalue weighted by Gasteiger charge is 2.16. The summed E-state index contributed by atoms with van der Waals surface area (Å²) in [5.74, 6) is -0.392. The molecule has 1 aromatic carbocycles. The summed E-state index contributed by atoms with van der Waals surface area (Å²) in [6.45, 7) is 2.20. The van der Waals surface area contributed by atoms with Gasteiger partial charge in [0, 0.05) is 14.1 Å². The zero-order valence-corrected chi connectivity index (χ0v) is 10.9. The summed E-state index contributed by atoms with van der Waals surface area (Å²) in [6, 6.07) is 3.98. The molecule has 0 bridgehead atoms. The molecule has 0 fully saturated rings. The molecule has 1 unspecified atom stereocenters. The van der Waals surface area contributed by atoms with Crippen molar-refractivity contribution in [1.82, 2.24) is 4.90 Å². The molecular formula is C13H19FN2O2. The smallest absolute Gasteiger partial charge is 0.239 e. The molecule has 4 nitrogen and oxygen atoms in total. The number of nitrogens with zero attached hydrogens (tertiary/aromatic N) is 1. The first-order chi connectivity index (χ1) is 8.45. The fraction of sp³-hybridized carbons (Fsp3) is 0.462. The number of hydrogen-bond acceptors (Lipinski definition) is 3. The maximum absolute atomic E-state index is 13.6. The van der Waals surface area contributed by atoms with Crippen molar-refractivity contribution < 1.29 is 13.9 Å². The van der Waals surface area contributed by atoms with E-state index in [0.717, 1.165) is 0 Å². The number of amides is 1. The van der Waals surface area contributed by atoms with Gasteiger partial charge in [-0.15, -0.1) is 0 Å². The lowest BCUT2D eigenvalue weighted by Crippen LogP contribution is -2.41. The quantitative estimate of drug-likeness (QED) is 0.858. The minimum absolute atomic E-state index is 0.177. The van der Waals surface area contributed by atoms with Crippen molar-refractivity contribution in [3.8, 4) is 5.75 Å². The third-order valence-corrected chi connectivity index (χ3v) is 2.51. The SMILES string of the molecule is CCOc1ccc(CC(N)C(=O)N(C)C)cc1F. The van der Waals surface area contributed by atoms with Gasteiger partial charge in [-0.25, -0.2) is 4.39 Å². The number of carbonyl (C=O) groups excluding carboxylic acids is 1. The van der Waals surface area contributed by atoms with Crippen LogP contribution in [0.3, 0.4) is 0 Å². The first kappa shape index (κ1) is 14.4. The fourth-order valence-corrected chi connectivity index (χ4v) is 1.62. The number of halogens is 1. The van der Waals surface area contributed by atoms with E-state index >= 15 is 0 Å². The van der Waals surface area contributed by atoms with E-state index in [1.54, 1.807) is 33.2 Å². The largest absolute Gasteiger partial charge is 0.491 e. The van der Waals surface area contributed by atoms with Crippen molar-refractivity contribution >= 4 is 5.91 Å². The number of benzene rings is 1. The Hall–Kier alpha value is -1.62. The van der Waals surface area contributed by atoms with Crippen molar-refractivity contribution in [2.75, 3.05) is 20.7 Å². The maximum Gasteiger partial charge on any atom is 0.239 e. The topological polar surface area (TPSA) is 55.6 Å². The van der Waals surface area contributed by atoms with Gasteiger partial charge >= 0.3 is 0 Å². The second kappa shape index (κ2) is 6.35. The van der Waals surface area contributed by atoms with E-state index in [1.165, 1.54) is 11.0 Å². The standard InChI is InChI=1S/C13H19FN2O2/c1-4-18-12-6-5-9(7-10(12)14)8-11(15)13(17)16(2)3/h5-7,11H,4,8,15H2,1-3H3. The molecule has 18 heavy (non-hydrogen) atoms. The number of carbonyl (C=O) groups is 1. The Labute approximate surface area is 107 Å². The molecule has 1 rings (SSSR count). The average molecular weight is 254 g/mol. The van der Waals surface area contributed by atoms with Gasteiger partial charge in [0.15, 0.2) is 11.6 Å². The molecule has 0 aliphatic heterocycles. The van der Waals surface area contributed by atoms with Gasteiger partial charge in [0.1, 0.15) is 0 Å². The highest BCUT2D eigenvalue weighted by atomic mass is 19.1. The Morgan fingerprint density at radius 1 is 1.50 bits per heavy atom. The van der Waals surface area contributed by atoms with Gasteiger partial charge in [-0.3, -0.25) is 4.79 Å². The summed E-state index contributed by atoms with van der Waals surface area (Å²) < 4.78 is 18.7. The van der Waals surface area contributed by atoms with Gasteiger partial charge in [0.25, 0.3) is 0 Å². The van der Waals surface area contributed by atoms with Gasteiger partial charge in [-0.05, 0) is 31.0 Å². The van der Waals surface area contributed by atoms with E-state index in [1.807, 2.05) is 0 Å². The molecule has 1 aromatic rings. The van der Waals surface area contributed by atoms with Crippen molar-refractivity contribution in [3.05, 3.63) is 29.6 Å². The predicted octanol–water partition coefficient (Wildman–Crippen LogP) is 1.18.